The number of urea groups is 1. The maximum absolute atomic E-state index is 11.8. The van der Waals surface area contributed by atoms with E-state index in [-0.39, 0.29) is 6.03 Å². The molecule has 1 aromatic carbocycles. The molecule has 1 fully saturated rings. The van der Waals surface area contributed by atoms with Gasteiger partial charge in [-0.2, -0.15) is 0 Å². The van der Waals surface area contributed by atoms with Crippen LogP contribution in [0.25, 0.3) is 0 Å². The number of carbonyl (C=O) groups excluding carboxylic acids is 1. The number of hydrogen-bond donors (Lipinski definition) is 1. The topological polar surface area (TPSA) is 32.3 Å². The lowest BCUT2D eigenvalue weighted by molar-refractivity contribution is 0.186. The number of piperidine rings is 1. The van der Waals surface area contributed by atoms with Crippen LogP contribution < -0.4 is 5.32 Å². The van der Waals surface area contributed by atoms with Crippen LogP contribution in [0.15, 0.2) is 24.3 Å². The third-order valence-corrected chi connectivity index (χ3v) is 3.25. The highest BCUT2D eigenvalue weighted by molar-refractivity contribution is 6.30. The lowest BCUT2D eigenvalue weighted by atomic mass is 10.1. The molecule has 0 aromatic heterocycles. The van der Waals surface area contributed by atoms with E-state index in [1.807, 2.05) is 29.2 Å². The number of carbonyl (C=O) groups is 1. The van der Waals surface area contributed by atoms with Crippen molar-refractivity contribution in [3.8, 4) is 0 Å². The van der Waals surface area contributed by atoms with Crippen molar-refractivity contribution in [1.29, 1.82) is 0 Å². The van der Waals surface area contributed by atoms with Gasteiger partial charge in [-0.1, -0.05) is 23.7 Å². The van der Waals surface area contributed by atoms with Crippen molar-refractivity contribution < 1.29 is 4.79 Å². The first-order valence-corrected chi connectivity index (χ1v) is 6.41. The zero-order valence-electron chi connectivity index (χ0n) is 9.79. The first-order chi connectivity index (χ1) is 8.25. The minimum atomic E-state index is 0.0413. The maximum Gasteiger partial charge on any atom is 0.317 e. The smallest absolute Gasteiger partial charge is 0.317 e. The van der Waals surface area contributed by atoms with Gasteiger partial charge in [-0.15, -0.1) is 0 Å². The summed E-state index contributed by atoms with van der Waals surface area (Å²) in [5, 5.41) is 3.65. The van der Waals surface area contributed by atoms with Crippen molar-refractivity contribution >= 4 is 17.6 Å². The predicted molar refractivity (Wildman–Crippen MR) is 69.1 cm³/mol. The molecule has 1 saturated heterocycles. The van der Waals surface area contributed by atoms with Crippen LogP contribution in [0, 0.1) is 0 Å². The van der Waals surface area contributed by atoms with Gasteiger partial charge >= 0.3 is 6.03 Å². The van der Waals surface area contributed by atoms with E-state index in [2.05, 4.69) is 5.32 Å². The highest BCUT2D eigenvalue weighted by Gasteiger charge is 2.15. The Morgan fingerprint density at radius 3 is 2.47 bits per heavy atom. The third kappa shape index (κ3) is 3.63. The normalized spacial score (nSPS) is 15.7. The fourth-order valence-electron chi connectivity index (χ4n) is 1.99. The van der Waals surface area contributed by atoms with Gasteiger partial charge < -0.3 is 10.2 Å². The molecular formula is C13H17ClN2O. The van der Waals surface area contributed by atoms with E-state index in [1.165, 1.54) is 6.42 Å². The van der Waals surface area contributed by atoms with Gasteiger partial charge in [0.25, 0.3) is 0 Å². The molecule has 1 N–H and O–H groups in total. The van der Waals surface area contributed by atoms with Gasteiger partial charge in [0, 0.05) is 24.7 Å². The fraction of sp³-hybridized carbons (Fsp3) is 0.462. The number of nitrogens with zero attached hydrogens (tertiary/aromatic N) is 1. The Bertz CT molecular complexity index is 372. The van der Waals surface area contributed by atoms with Gasteiger partial charge in [0.2, 0.25) is 0 Å². The molecular weight excluding hydrogens is 236 g/mol. The summed E-state index contributed by atoms with van der Waals surface area (Å²) < 4.78 is 0. The van der Waals surface area contributed by atoms with Crippen LogP contribution in [-0.4, -0.2) is 24.0 Å². The quantitative estimate of drug-likeness (QED) is 0.862. The minimum absolute atomic E-state index is 0.0413. The van der Waals surface area contributed by atoms with Crippen molar-refractivity contribution in [2.24, 2.45) is 0 Å². The summed E-state index contributed by atoms with van der Waals surface area (Å²) in [7, 11) is 0. The Morgan fingerprint density at radius 2 is 1.82 bits per heavy atom. The summed E-state index contributed by atoms with van der Waals surface area (Å²) in [6.45, 7) is 2.32. The van der Waals surface area contributed by atoms with Crippen molar-refractivity contribution in [3.05, 3.63) is 34.9 Å². The number of benzene rings is 1. The van der Waals surface area contributed by atoms with Crippen molar-refractivity contribution in [2.75, 3.05) is 13.1 Å². The molecule has 17 heavy (non-hydrogen) atoms. The molecule has 0 radical (unpaired) electrons. The fourth-order valence-corrected chi connectivity index (χ4v) is 2.11. The summed E-state index contributed by atoms with van der Waals surface area (Å²) in [4.78, 5) is 13.7. The predicted octanol–water partition coefficient (Wildman–Crippen LogP) is 3.04. The number of hydrogen-bond acceptors (Lipinski definition) is 1. The highest BCUT2D eigenvalue weighted by atomic mass is 35.5. The lowest BCUT2D eigenvalue weighted by Crippen LogP contribution is -2.42. The largest absolute Gasteiger partial charge is 0.334 e. The zero-order valence-corrected chi connectivity index (χ0v) is 10.5. The van der Waals surface area contributed by atoms with Crippen molar-refractivity contribution in [2.45, 2.75) is 25.8 Å². The summed E-state index contributed by atoms with van der Waals surface area (Å²) in [6.07, 6.45) is 3.48. The number of halogens is 1. The standard InChI is InChI=1S/C13H17ClN2O/c14-12-6-4-11(5-7-12)10-15-13(17)16-8-2-1-3-9-16/h4-7H,1-3,8-10H2,(H,15,17). The van der Waals surface area contributed by atoms with E-state index in [4.69, 9.17) is 11.6 Å². The number of nitrogens with one attached hydrogen (secondary N) is 1. The number of amides is 2. The van der Waals surface area contributed by atoms with E-state index in [1.54, 1.807) is 0 Å². The molecule has 0 unspecified atom stereocenters. The van der Waals surface area contributed by atoms with Gasteiger partial charge in [0.05, 0.1) is 0 Å². The maximum atomic E-state index is 11.8. The van der Waals surface area contributed by atoms with Gasteiger partial charge in [0.1, 0.15) is 0 Å². The van der Waals surface area contributed by atoms with E-state index < -0.39 is 0 Å². The monoisotopic (exact) mass is 252 g/mol. The van der Waals surface area contributed by atoms with Crippen LogP contribution in [0.5, 0.6) is 0 Å². The molecule has 0 bridgehead atoms. The Hall–Kier alpha value is -1.22. The Balaban J connectivity index is 1.81. The average molecular weight is 253 g/mol. The van der Waals surface area contributed by atoms with Crippen LogP contribution >= 0.6 is 11.6 Å². The lowest BCUT2D eigenvalue weighted by Gasteiger charge is -2.26. The van der Waals surface area contributed by atoms with E-state index in [9.17, 15) is 4.79 Å². The number of likely N-dealkylation sites (tertiary alicyclic amines) is 1. The Morgan fingerprint density at radius 1 is 1.18 bits per heavy atom. The van der Waals surface area contributed by atoms with Crippen LogP contribution in [0.3, 0.4) is 0 Å². The zero-order chi connectivity index (χ0) is 12.1. The van der Waals surface area contributed by atoms with E-state index in [0.29, 0.717) is 6.54 Å². The van der Waals surface area contributed by atoms with Crippen LogP contribution in [-0.2, 0) is 6.54 Å². The first-order valence-electron chi connectivity index (χ1n) is 6.03. The minimum Gasteiger partial charge on any atom is -0.334 e. The molecule has 1 heterocycles. The van der Waals surface area contributed by atoms with Crippen LogP contribution in [0.1, 0.15) is 24.8 Å². The third-order valence-electron chi connectivity index (χ3n) is 3.00. The molecule has 3 nitrogen and oxygen atoms in total. The molecule has 1 aromatic rings. The SMILES string of the molecule is O=C(NCc1ccc(Cl)cc1)N1CCCCC1. The molecule has 0 saturated carbocycles. The van der Waals surface area contributed by atoms with E-state index >= 15 is 0 Å². The Labute approximate surface area is 107 Å². The summed E-state index contributed by atoms with van der Waals surface area (Å²) >= 11 is 5.80. The molecule has 1 aliphatic rings. The average Bonchev–Trinajstić information content (AvgIpc) is 2.39. The second-order valence-corrected chi connectivity index (χ2v) is 4.77. The first kappa shape index (κ1) is 12.2. The molecule has 0 aliphatic carbocycles. The second-order valence-electron chi connectivity index (χ2n) is 4.33. The van der Waals surface area contributed by atoms with Gasteiger partial charge in [-0.3, -0.25) is 0 Å². The highest BCUT2D eigenvalue weighted by Crippen LogP contribution is 2.10. The van der Waals surface area contributed by atoms with Crippen molar-refractivity contribution in [1.82, 2.24) is 10.2 Å². The van der Waals surface area contributed by atoms with Crippen LogP contribution in [0.2, 0.25) is 5.02 Å². The summed E-state index contributed by atoms with van der Waals surface area (Å²) in [5.74, 6) is 0. The summed E-state index contributed by atoms with van der Waals surface area (Å²) in [6, 6.07) is 7.57. The van der Waals surface area contributed by atoms with E-state index in [0.717, 1.165) is 36.5 Å². The molecule has 2 amide bonds. The molecule has 1 aliphatic heterocycles. The Kier molecular flexibility index (Phi) is 4.26. The molecule has 92 valence electrons. The second kappa shape index (κ2) is 5.92. The molecule has 4 heteroatoms. The molecule has 0 atom stereocenters. The number of rotatable bonds is 2. The summed E-state index contributed by atoms with van der Waals surface area (Å²) in [5.41, 5.74) is 1.07. The van der Waals surface area contributed by atoms with Crippen LogP contribution in [0.4, 0.5) is 4.79 Å². The molecule has 2 rings (SSSR count). The molecule has 0 spiro atoms. The van der Waals surface area contributed by atoms with Crippen molar-refractivity contribution in [3.63, 3.8) is 0 Å². The van der Waals surface area contributed by atoms with Gasteiger partial charge in [-0.05, 0) is 37.0 Å². The van der Waals surface area contributed by atoms with Gasteiger partial charge in [0.15, 0.2) is 0 Å². The van der Waals surface area contributed by atoms with Gasteiger partial charge in [-0.25, -0.2) is 4.79 Å².